The Bertz CT molecular complexity index is 1380. The van der Waals surface area contributed by atoms with Crippen LogP contribution in [0.25, 0.3) is 11.1 Å². The van der Waals surface area contributed by atoms with Crippen LogP contribution in [-0.2, 0) is 24.1 Å². The van der Waals surface area contributed by atoms with Crippen molar-refractivity contribution in [2.24, 2.45) is 0 Å². The molecule has 4 rings (SSSR count). The van der Waals surface area contributed by atoms with Crippen LogP contribution in [0.4, 0.5) is 0 Å². The molecule has 0 radical (unpaired) electrons. The number of rotatable bonds is 12. The smallest absolute Gasteiger partial charge is 0.224 e. The molecule has 0 saturated heterocycles. The lowest BCUT2D eigenvalue weighted by Gasteiger charge is -2.28. The van der Waals surface area contributed by atoms with Crippen LogP contribution in [0.5, 0.6) is 11.5 Å². The van der Waals surface area contributed by atoms with Crippen LogP contribution in [0.3, 0.4) is 0 Å². The van der Waals surface area contributed by atoms with E-state index in [1.54, 1.807) is 0 Å². The standard InChI is InChI=1S/C34H38N2O4/c1-34(2,36-23-32(39)29-19-30(37)21-31(38)20-29)22-26-8-6-7-25(17-26)18-33(40)35-16-15-24-11-13-28(14-12-24)27-9-4-3-5-10-27/h3-14,17,19-21,32,36-39H,15-16,18,22-23H2,1-2H3,(H,35,40). The molecular weight excluding hydrogens is 500 g/mol. The molecule has 6 nitrogen and oxygen atoms in total. The minimum atomic E-state index is -0.880. The third kappa shape index (κ3) is 8.70. The first-order valence-electron chi connectivity index (χ1n) is 13.6. The van der Waals surface area contributed by atoms with Gasteiger partial charge in [0.2, 0.25) is 5.91 Å². The van der Waals surface area contributed by atoms with E-state index in [4.69, 9.17) is 0 Å². The van der Waals surface area contributed by atoms with Gasteiger partial charge in [0.15, 0.2) is 0 Å². The summed E-state index contributed by atoms with van der Waals surface area (Å²) in [7, 11) is 0. The second kappa shape index (κ2) is 13.3. The third-order valence-electron chi connectivity index (χ3n) is 6.88. The molecule has 5 N–H and O–H groups in total. The normalized spacial score (nSPS) is 12.2. The number of amides is 1. The molecule has 1 amide bonds. The van der Waals surface area contributed by atoms with Gasteiger partial charge in [0.05, 0.1) is 12.5 Å². The number of phenols is 2. The van der Waals surface area contributed by atoms with Gasteiger partial charge in [-0.25, -0.2) is 0 Å². The Kier molecular flexibility index (Phi) is 9.59. The lowest BCUT2D eigenvalue weighted by Crippen LogP contribution is -2.43. The molecule has 0 saturated carbocycles. The summed E-state index contributed by atoms with van der Waals surface area (Å²) in [4.78, 5) is 12.6. The van der Waals surface area contributed by atoms with Crippen LogP contribution in [0.1, 0.15) is 42.2 Å². The van der Waals surface area contributed by atoms with Crippen LogP contribution in [0, 0.1) is 0 Å². The summed E-state index contributed by atoms with van der Waals surface area (Å²) in [6, 6.07) is 30.8. The summed E-state index contributed by atoms with van der Waals surface area (Å²) in [6.45, 7) is 4.93. The predicted molar refractivity (Wildman–Crippen MR) is 159 cm³/mol. The largest absolute Gasteiger partial charge is 0.508 e. The van der Waals surface area contributed by atoms with Gasteiger partial charge in [-0.1, -0.05) is 78.9 Å². The highest BCUT2D eigenvalue weighted by molar-refractivity contribution is 5.78. The topological polar surface area (TPSA) is 102 Å². The number of carbonyl (C=O) groups is 1. The molecule has 0 fully saturated rings. The van der Waals surface area contributed by atoms with E-state index in [2.05, 4.69) is 53.1 Å². The molecule has 0 aromatic heterocycles. The van der Waals surface area contributed by atoms with Crippen molar-refractivity contribution in [1.82, 2.24) is 10.6 Å². The zero-order chi connectivity index (χ0) is 28.5. The van der Waals surface area contributed by atoms with E-state index in [0.29, 0.717) is 24.9 Å². The number of aromatic hydroxyl groups is 2. The molecule has 0 spiro atoms. The number of aliphatic hydroxyl groups excluding tert-OH is 1. The van der Waals surface area contributed by atoms with Crippen molar-refractivity contribution in [2.45, 2.75) is 44.8 Å². The first kappa shape index (κ1) is 28.9. The number of carbonyl (C=O) groups excluding carboxylic acids is 1. The Labute approximate surface area is 236 Å². The van der Waals surface area contributed by atoms with Gasteiger partial charge in [0.25, 0.3) is 0 Å². The van der Waals surface area contributed by atoms with Gasteiger partial charge in [-0.15, -0.1) is 0 Å². The molecule has 0 heterocycles. The van der Waals surface area contributed by atoms with Crippen molar-refractivity contribution < 1.29 is 20.1 Å². The fourth-order valence-electron chi connectivity index (χ4n) is 4.81. The van der Waals surface area contributed by atoms with E-state index >= 15 is 0 Å². The van der Waals surface area contributed by atoms with Crippen molar-refractivity contribution in [3.8, 4) is 22.6 Å². The molecule has 0 bridgehead atoms. The fraction of sp³-hybridized carbons (Fsp3) is 0.265. The quantitative estimate of drug-likeness (QED) is 0.168. The van der Waals surface area contributed by atoms with Crippen LogP contribution >= 0.6 is 0 Å². The average molecular weight is 539 g/mol. The van der Waals surface area contributed by atoms with Gasteiger partial charge in [0, 0.05) is 24.7 Å². The number of hydrogen-bond acceptors (Lipinski definition) is 5. The number of benzene rings is 4. The molecule has 4 aromatic rings. The number of hydrogen-bond donors (Lipinski definition) is 5. The lowest BCUT2D eigenvalue weighted by molar-refractivity contribution is -0.120. The maximum absolute atomic E-state index is 12.6. The Balaban J connectivity index is 1.23. The predicted octanol–water partition coefficient (Wildman–Crippen LogP) is 5.31. The molecule has 0 aliphatic heterocycles. The van der Waals surface area contributed by atoms with E-state index in [0.717, 1.165) is 17.5 Å². The first-order chi connectivity index (χ1) is 19.2. The van der Waals surface area contributed by atoms with Crippen molar-refractivity contribution in [1.29, 1.82) is 0 Å². The summed E-state index contributed by atoms with van der Waals surface area (Å²) >= 11 is 0. The molecule has 0 aliphatic rings. The molecule has 4 aromatic carbocycles. The average Bonchev–Trinajstić information content (AvgIpc) is 2.92. The van der Waals surface area contributed by atoms with Crippen molar-refractivity contribution in [3.05, 3.63) is 119 Å². The highest BCUT2D eigenvalue weighted by atomic mass is 16.3. The van der Waals surface area contributed by atoms with Crippen LogP contribution in [0.15, 0.2) is 97.1 Å². The molecule has 40 heavy (non-hydrogen) atoms. The van der Waals surface area contributed by atoms with E-state index < -0.39 is 6.10 Å². The zero-order valence-corrected chi connectivity index (χ0v) is 23.1. The molecular formula is C34H38N2O4. The highest BCUT2D eigenvalue weighted by Gasteiger charge is 2.20. The van der Waals surface area contributed by atoms with E-state index in [9.17, 15) is 20.1 Å². The summed E-state index contributed by atoms with van der Waals surface area (Å²) < 4.78 is 0. The summed E-state index contributed by atoms with van der Waals surface area (Å²) in [6.07, 6.45) is 0.900. The number of nitrogens with one attached hydrogen (secondary N) is 2. The molecule has 1 unspecified atom stereocenters. The van der Waals surface area contributed by atoms with Crippen molar-refractivity contribution >= 4 is 5.91 Å². The van der Waals surface area contributed by atoms with Crippen LogP contribution < -0.4 is 10.6 Å². The maximum Gasteiger partial charge on any atom is 0.224 e. The SMILES string of the molecule is CC(C)(Cc1cccc(CC(=O)NCCc2ccc(-c3ccccc3)cc2)c1)NCC(O)c1cc(O)cc(O)c1. The van der Waals surface area contributed by atoms with Gasteiger partial charge in [-0.2, -0.15) is 0 Å². The minimum Gasteiger partial charge on any atom is -0.508 e. The van der Waals surface area contributed by atoms with Crippen molar-refractivity contribution in [3.63, 3.8) is 0 Å². The van der Waals surface area contributed by atoms with Crippen LogP contribution in [0.2, 0.25) is 0 Å². The number of phenolic OH excluding ortho intramolecular Hbond substituents is 2. The van der Waals surface area contributed by atoms with Gasteiger partial charge in [-0.05, 0) is 72.2 Å². The van der Waals surface area contributed by atoms with E-state index in [1.807, 2.05) is 50.2 Å². The van der Waals surface area contributed by atoms with Gasteiger partial charge in [-0.3, -0.25) is 4.79 Å². The molecule has 208 valence electrons. The highest BCUT2D eigenvalue weighted by Crippen LogP contribution is 2.25. The monoisotopic (exact) mass is 538 g/mol. The Morgan fingerprint density at radius 3 is 2.12 bits per heavy atom. The maximum atomic E-state index is 12.6. The zero-order valence-electron chi connectivity index (χ0n) is 23.1. The summed E-state index contributed by atoms with van der Waals surface area (Å²) in [5.74, 6) is -0.189. The van der Waals surface area contributed by atoms with E-state index in [1.165, 1.54) is 34.9 Å². The number of β-amino-alcohol motifs (C(OH)–C–C–N with tert-alkyl or cyclic N) is 1. The molecule has 1 atom stereocenters. The van der Waals surface area contributed by atoms with Gasteiger partial charge < -0.3 is 26.0 Å². The fourth-order valence-corrected chi connectivity index (χ4v) is 4.81. The molecule has 6 heteroatoms. The minimum absolute atomic E-state index is 0.00655. The van der Waals surface area contributed by atoms with Crippen molar-refractivity contribution in [2.75, 3.05) is 13.1 Å². The Morgan fingerprint density at radius 2 is 1.43 bits per heavy atom. The Morgan fingerprint density at radius 1 is 0.775 bits per heavy atom. The second-order valence-corrected chi connectivity index (χ2v) is 10.9. The Hall–Kier alpha value is -4.13. The van der Waals surface area contributed by atoms with Gasteiger partial charge >= 0.3 is 0 Å². The molecule has 0 aliphatic carbocycles. The van der Waals surface area contributed by atoms with Gasteiger partial charge in [0.1, 0.15) is 11.5 Å². The summed E-state index contributed by atoms with van der Waals surface area (Å²) in [5.41, 5.74) is 5.70. The second-order valence-electron chi connectivity index (χ2n) is 10.9. The summed E-state index contributed by atoms with van der Waals surface area (Å²) in [5, 5.41) is 36.3. The third-order valence-corrected chi connectivity index (χ3v) is 6.88. The van der Waals surface area contributed by atoms with E-state index in [-0.39, 0.29) is 29.5 Å². The first-order valence-corrected chi connectivity index (χ1v) is 13.6. The van der Waals surface area contributed by atoms with Crippen LogP contribution in [-0.4, -0.2) is 39.9 Å². The number of aliphatic hydroxyl groups is 1. The lowest BCUT2D eigenvalue weighted by atomic mass is 9.93.